The molecule has 4 heteroatoms. The van der Waals surface area contributed by atoms with Gasteiger partial charge in [0.25, 0.3) is 0 Å². The van der Waals surface area contributed by atoms with Gasteiger partial charge in [-0.05, 0) is 36.9 Å². The molecule has 1 aliphatic heterocycles. The SMILES string of the molecule is CCN1C(=O)CC(SCCC(C)C(C)C(C)C)C1=O. The van der Waals surface area contributed by atoms with Crippen molar-refractivity contribution in [1.29, 1.82) is 0 Å². The Kier molecular flexibility index (Phi) is 6.37. The van der Waals surface area contributed by atoms with Crippen LogP contribution in [0.3, 0.4) is 0 Å². The van der Waals surface area contributed by atoms with Crippen molar-refractivity contribution in [3.05, 3.63) is 0 Å². The molecule has 19 heavy (non-hydrogen) atoms. The van der Waals surface area contributed by atoms with Crippen molar-refractivity contribution in [2.45, 2.75) is 52.7 Å². The minimum Gasteiger partial charge on any atom is -0.282 e. The highest BCUT2D eigenvalue weighted by molar-refractivity contribution is 8.00. The molecule has 0 bridgehead atoms. The van der Waals surface area contributed by atoms with Crippen LogP contribution >= 0.6 is 11.8 Å². The van der Waals surface area contributed by atoms with Crippen LogP contribution in [-0.4, -0.2) is 34.3 Å². The molecular weight excluding hydrogens is 258 g/mol. The lowest BCUT2D eigenvalue weighted by Gasteiger charge is -2.23. The van der Waals surface area contributed by atoms with Crippen LogP contribution in [-0.2, 0) is 9.59 Å². The first-order valence-electron chi connectivity index (χ1n) is 7.34. The molecule has 0 aromatic carbocycles. The zero-order valence-electron chi connectivity index (χ0n) is 12.8. The minimum atomic E-state index is -0.131. The second-order valence-electron chi connectivity index (χ2n) is 5.91. The maximum Gasteiger partial charge on any atom is 0.242 e. The molecule has 1 heterocycles. The normalized spacial score (nSPS) is 23.3. The van der Waals surface area contributed by atoms with Crippen LogP contribution in [0.25, 0.3) is 0 Å². The first kappa shape index (κ1) is 16.5. The van der Waals surface area contributed by atoms with Gasteiger partial charge in [-0.3, -0.25) is 14.5 Å². The zero-order valence-corrected chi connectivity index (χ0v) is 13.6. The fraction of sp³-hybridized carbons (Fsp3) is 0.867. The Balaban J connectivity index is 2.34. The third-order valence-corrected chi connectivity index (χ3v) is 5.60. The number of hydrogen-bond acceptors (Lipinski definition) is 3. The fourth-order valence-electron chi connectivity index (χ4n) is 2.43. The molecular formula is C15H27NO2S. The van der Waals surface area contributed by atoms with Crippen LogP contribution in [0.2, 0.25) is 0 Å². The minimum absolute atomic E-state index is 0.00593. The highest BCUT2D eigenvalue weighted by atomic mass is 32.2. The van der Waals surface area contributed by atoms with E-state index in [0.717, 1.165) is 12.2 Å². The van der Waals surface area contributed by atoms with Gasteiger partial charge in [0, 0.05) is 13.0 Å². The second-order valence-corrected chi connectivity index (χ2v) is 7.22. The average Bonchev–Trinajstić information content (AvgIpc) is 2.62. The van der Waals surface area contributed by atoms with E-state index in [1.165, 1.54) is 4.90 Å². The Bertz CT molecular complexity index is 330. The Morgan fingerprint density at radius 1 is 1.26 bits per heavy atom. The molecule has 1 saturated heterocycles. The molecule has 1 rings (SSSR count). The van der Waals surface area contributed by atoms with Gasteiger partial charge < -0.3 is 0 Å². The lowest BCUT2D eigenvalue weighted by molar-refractivity contribution is -0.137. The van der Waals surface area contributed by atoms with Gasteiger partial charge in [-0.15, -0.1) is 11.8 Å². The molecule has 110 valence electrons. The molecule has 0 radical (unpaired) electrons. The summed E-state index contributed by atoms with van der Waals surface area (Å²) in [7, 11) is 0. The maximum atomic E-state index is 11.9. The van der Waals surface area contributed by atoms with E-state index < -0.39 is 0 Å². The molecule has 1 aliphatic rings. The van der Waals surface area contributed by atoms with Crippen molar-refractivity contribution >= 4 is 23.6 Å². The second kappa shape index (κ2) is 7.32. The Morgan fingerprint density at radius 2 is 1.89 bits per heavy atom. The van der Waals surface area contributed by atoms with E-state index in [1.807, 2.05) is 6.92 Å². The molecule has 0 spiro atoms. The molecule has 0 aromatic rings. The number of likely N-dealkylation sites (tertiary alicyclic amines) is 1. The highest BCUT2D eigenvalue weighted by Gasteiger charge is 2.37. The fourth-order valence-corrected chi connectivity index (χ4v) is 3.75. The summed E-state index contributed by atoms with van der Waals surface area (Å²) < 4.78 is 0. The molecule has 2 amide bonds. The summed E-state index contributed by atoms with van der Waals surface area (Å²) >= 11 is 1.66. The standard InChI is InChI=1S/C15H27NO2S/c1-6-16-14(17)9-13(15(16)18)19-8-7-11(4)12(5)10(2)3/h10-13H,6-9H2,1-5H3. The molecule has 0 aliphatic carbocycles. The maximum absolute atomic E-state index is 11.9. The first-order valence-corrected chi connectivity index (χ1v) is 8.39. The monoisotopic (exact) mass is 285 g/mol. The molecule has 3 nitrogen and oxygen atoms in total. The number of thioether (sulfide) groups is 1. The summed E-state index contributed by atoms with van der Waals surface area (Å²) in [5.74, 6) is 3.05. The number of nitrogens with zero attached hydrogens (tertiary/aromatic N) is 1. The van der Waals surface area contributed by atoms with Crippen molar-refractivity contribution in [3.63, 3.8) is 0 Å². The van der Waals surface area contributed by atoms with Crippen molar-refractivity contribution in [2.75, 3.05) is 12.3 Å². The summed E-state index contributed by atoms with van der Waals surface area (Å²) in [5.41, 5.74) is 0. The number of carbonyl (C=O) groups excluding carboxylic acids is 2. The van der Waals surface area contributed by atoms with Crippen molar-refractivity contribution < 1.29 is 9.59 Å². The van der Waals surface area contributed by atoms with Crippen molar-refractivity contribution in [1.82, 2.24) is 4.90 Å². The van der Waals surface area contributed by atoms with Crippen molar-refractivity contribution in [3.8, 4) is 0 Å². The van der Waals surface area contributed by atoms with E-state index in [1.54, 1.807) is 11.8 Å². The van der Waals surface area contributed by atoms with E-state index in [-0.39, 0.29) is 17.1 Å². The molecule has 0 saturated carbocycles. The number of imide groups is 1. The summed E-state index contributed by atoms with van der Waals surface area (Å²) in [6.07, 6.45) is 1.51. The summed E-state index contributed by atoms with van der Waals surface area (Å²) in [5, 5.41) is -0.131. The highest BCUT2D eigenvalue weighted by Crippen LogP contribution is 2.29. The quantitative estimate of drug-likeness (QED) is 0.674. The van der Waals surface area contributed by atoms with E-state index in [9.17, 15) is 9.59 Å². The van der Waals surface area contributed by atoms with Crippen molar-refractivity contribution in [2.24, 2.45) is 17.8 Å². The van der Waals surface area contributed by atoms with Gasteiger partial charge in [0.2, 0.25) is 11.8 Å². The lowest BCUT2D eigenvalue weighted by Crippen LogP contribution is -2.31. The predicted octanol–water partition coefficient (Wildman–Crippen LogP) is 3.19. The van der Waals surface area contributed by atoms with Gasteiger partial charge in [-0.1, -0.05) is 27.7 Å². The largest absolute Gasteiger partial charge is 0.282 e. The lowest BCUT2D eigenvalue weighted by atomic mass is 9.85. The molecule has 3 atom stereocenters. The van der Waals surface area contributed by atoms with E-state index in [2.05, 4.69) is 27.7 Å². The average molecular weight is 285 g/mol. The predicted molar refractivity (Wildman–Crippen MR) is 81.0 cm³/mol. The van der Waals surface area contributed by atoms with Gasteiger partial charge in [-0.2, -0.15) is 0 Å². The number of hydrogen-bond donors (Lipinski definition) is 0. The van der Waals surface area contributed by atoms with E-state index in [0.29, 0.717) is 30.7 Å². The van der Waals surface area contributed by atoms with Gasteiger partial charge in [0.05, 0.1) is 5.25 Å². The number of amides is 2. The van der Waals surface area contributed by atoms with Crippen LogP contribution in [0.5, 0.6) is 0 Å². The number of rotatable bonds is 7. The van der Waals surface area contributed by atoms with Crippen LogP contribution < -0.4 is 0 Å². The van der Waals surface area contributed by atoms with E-state index >= 15 is 0 Å². The van der Waals surface area contributed by atoms with Crippen LogP contribution in [0.4, 0.5) is 0 Å². The molecule has 0 aromatic heterocycles. The van der Waals surface area contributed by atoms with Gasteiger partial charge in [-0.25, -0.2) is 0 Å². The topological polar surface area (TPSA) is 37.4 Å². The van der Waals surface area contributed by atoms with Crippen LogP contribution in [0.15, 0.2) is 0 Å². The van der Waals surface area contributed by atoms with Gasteiger partial charge >= 0.3 is 0 Å². The number of carbonyl (C=O) groups is 2. The molecule has 1 fully saturated rings. The van der Waals surface area contributed by atoms with Gasteiger partial charge in [0.1, 0.15) is 0 Å². The third kappa shape index (κ3) is 4.23. The summed E-state index contributed by atoms with van der Waals surface area (Å²) in [6.45, 7) is 11.5. The third-order valence-electron chi connectivity index (χ3n) is 4.36. The Labute approximate surface area is 121 Å². The van der Waals surface area contributed by atoms with E-state index in [4.69, 9.17) is 0 Å². The summed E-state index contributed by atoms with van der Waals surface area (Å²) in [6, 6.07) is 0. The van der Waals surface area contributed by atoms with Crippen LogP contribution in [0.1, 0.15) is 47.5 Å². The van der Waals surface area contributed by atoms with Gasteiger partial charge in [0.15, 0.2) is 0 Å². The van der Waals surface area contributed by atoms with Crippen LogP contribution in [0, 0.1) is 17.8 Å². The Hall–Kier alpha value is -0.510. The Morgan fingerprint density at radius 3 is 2.37 bits per heavy atom. The molecule has 3 unspecified atom stereocenters. The summed E-state index contributed by atoms with van der Waals surface area (Å²) in [4.78, 5) is 24.9. The first-order chi connectivity index (χ1) is 8.88. The molecule has 0 N–H and O–H groups in total. The zero-order chi connectivity index (χ0) is 14.6. The smallest absolute Gasteiger partial charge is 0.242 e.